The number of nitrogens with one attached hydrogen (secondary N) is 2. The van der Waals surface area contributed by atoms with E-state index in [4.69, 9.17) is 0 Å². The second-order valence-corrected chi connectivity index (χ2v) is 7.80. The number of nitrogens with zero attached hydrogens (tertiary/aromatic N) is 2. The first-order valence-electron chi connectivity index (χ1n) is 10.7. The smallest absolute Gasteiger partial charge is 0.252 e. The Hall–Kier alpha value is -4.02. The molecule has 2 heterocycles. The Bertz CT molecular complexity index is 1330. The van der Waals surface area contributed by atoms with Crippen molar-refractivity contribution in [1.29, 1.82) is 0 Å². The first-order chi connectivity index (χ1) is 16.9. The van der Waals surface area contributed by atoms with Crippen LogP contribution in [-0.2, 0) is 6.42 Å². The maximum Gasteiger partial charge on any atom is 0.252 e. The molecule has 0 saturated carbocycles. The summed E-state index contributed by atoms with van der Waals surface area (Å²) >= 11 is 0. The van der Waals surface area contributed by atoms with Crippen LogP contribution >= 0.6 is 0 Å². The molecule has 4 aromatic rings. The summed E-state index contributed by atoms with van der Waals surface area (Å²) in [5, 5.41) is 29.0. The number of carbonyl (C=O) groups is 1. The Balaban J connectivity index is 1.64. The SMILES string of the molecule is O=C(NC(Cc1ncccc1F)[C@H](O)CO)c1cccc(F)c1-c1cc(-c2ccc(F)cc2)[nH]n1. The average molecular weight is 482 g/mol. The zero-order valence-electron chi connectivity index (χ0n) is 18.3. The second kappa shape index (κ2) is 10.5. The van der Waals surface area contributed by atoms with Crippen molar-refractivity contribution in [3.63, 3.8) is 0 Å². The molecule has 180 valence electrons. The lowest BCUT2D eigenvalue weighted by Crippen LogP contribution is -2.46. The number of aromatic amines is 1. The molecule has 0 aliphatic rings. The van der Waals surface area contributed by atoms with Gasteiger partial charge in [-0.25, -0.2) is 13.2 Å². The van der Waals surface area contributed by atoms with Crippen LogP contribution in [0.15, 0.2) is 66.9 Å². The number of carbonyl (C=O) groups excluding carboxylic acids is 1. The first kappa shape index (κ1) is 24.1. The van der Waals surface area contributed by atoms with E-state index >= 15 is 0 Å². The van der Waals surface area contributed by atoms with E-state index in [1.54, 1.807) is 0 Å². The van der Waals surface area contributed by atoms with E-state index in [1.807, 2.05) is 0 Å². The zero-order valence-corrected chi connectivity index (χ0v) is 18.3. The summed E-state index contributed by atoms with van der Waals surface area (Å²) in [6.07, 6.45) is -0.265. The second-order valence-electron chi connectivity index (χ2n) is 7.80. The van der Waals surface area contributed by atoms with Gasteiger partial charge in [-0.1, -0.05) is 6.07 Å². The fraction of sp³-hybridized carbons (Fsp3) is 0.160. The molecule has 0 saturated heterocycles. The number of H-pyrrole nitrogens is 1. The van der Waals surface area contributed by atoms with Crippen molar-refractivity contribution in [3.8, 4) is 22.5 Å². The number of benzene rings is 2. The highest BCUT2D eigenvalue weighted by atomic mass is 19.1. The number of pyridine rings is 1. The van der Waals surface area contributed by atoms with Gasteiger partial charge in [0.25, 0.3) is 5.91 Å². The summed E-state index contributed by atoms with van der Waals surface area (Å²) in [6, 6.07) is 12.5. The molecule has 0 aliphatic heterocycles. The Kier molecular flexibility index (Phi) is 7.23. The number of rotatable bonds is 8. The van der Waals surface area contributed by atoms with Crippen LogP contribution in [0.25, 0.3) is 22.5 Å². The van der Waals surface area contributed by atoms with Crippen molar-refractivity contribution in [3.05, 3.63) is 95.6 Å². The predicted molar refractivity (Wildman–Crippen MR) is 122 cm³/mol. The number of hydrogen-bond donors (Lipinski definition) is 4. The third kappa shape index (κ3) is 5.39. The van der Waals surface area contributed by atoms with E-state index < -0.39 is 42.1 Å². The first-order valence-corrected chi connectivity index (χ1v) is 10.7. The van der Waals surface area contributed by atoms with E-state index in [-0.39, 0.29) is 28.9 Å². The van der Waals surface area contributed by atoms with Gasteiger partial charge < -0.3 is 15.5 Å². The van der Waals surface area contributed by atoms with E-state index in [1.165, 1.54) is 66.9 Å². The van der Waals surface area contributed by atoms with Crippen LogP contribution in [0.3, 0.4) is 0 Å². The lowest BCUT2D eigenvalue weighted by molar-refractivity contribution is 0.0563. The fourth-order valence-corrected chi connectivity index (χ4v) is 3.63. The van der Waals surface area contributed by atoms with E-state index in [0.717, 1.165) is 0 Å². The summed E-state index contributed by atoms with van der Waals surface area (Å²) in [6.45, 7) is -0.699. The number of halogens is 3. The third-order valence-electron chi connectivity index (χ3n) is 5.46. The standard InChI is InChI=1S/C25H21F3N4O3/c26-15-8-6-14(7-9-15)19-11-22(32-31-19)24-16(3-1-4-18(24)28)25(35)30-21(23(34)13-33)12-20-17(27)5-2-10-29-20/h1-11,21,23,33-34H,12-13H2,(H,30,35)(H,31,32)/t21?,23-/m1/s1. The highest BCUT2D eigenvalue weighted by molar-refractivity contribution is 6.01. The molecule has 35 heavy (non-hydrogen) atoms. The summed E-state index contributed by atoms with van der Waals surface area (Å²) in [4.78, 5) is 17.1. The molecule has 0 spiro atoms. The molecule has 2 atom stereocenters. The van der Waals surface area contributed by atoms with Crippen LogP contribution in [0.5, 0.6) is 0 Å². The molecular formula is C25H21F3N4O3. The van der Waals surface area contributed by atoms with Crippen molar-refractivity contribution >= 4 is 5.91 Å². The molecule has 1 amide bonds. The van der Waals surface area contributed by atoms with Gasteiger partial charge in [-0.2, -0.15) is 5.10 Å². The Morgan fingerprint density at radius 3 is 2.49 bits per heavy atom. The van der Waals surface area contributed by atoms with Crippen LogP contribution in [-0.4, -0.2) is 50.1 Å². The van der Waals surface area contributed by atoms with Crippen molar-refractivity contribution in [1.82, 2.24) is 20.5 Å². The summed E-state index contributed by atoms with van der Waals surface area (Å²) < 4.78 is 42.2. The van der Waals surface area contributed by atoms with Gasteiger partial charge in [0.15, 0.2) is 0 Å². The third-order valence-corrected chi connectivity index (χ3v) is 5.46. The van der Waals surface area contributed by atoms with Crippen molar-refractivity contribution in [2.24, 2.45) is 0 Å². The van der Waals surface area contributed by atoms with Crippen molar-refractivity contribution < 1.29 is 28.2 Å². The van der Waals surface area contributed by atoms with Gasteiger partial charge in [-0.3, -0.25) is 14.9 Å². The quantitative estimate of drug-likeness (QED) is 0.308. The van der Waals surface area contributed by atoms with Crippen molar-refractivity contribution in [2.75, 3.05) is 6.61 Å². The Morgan fingerprint density at radius 2 is 1.77 bits per heavy atom. The van der Waals surface area contributed by atoms with Gasteiger partial charge in [0.2, 0.25) is 0 Å². The maximum absolute atomic E-state index is 14.9. The summed E-state index contributed by atoms with van der Waals surface area (Å²) in [7, 11) is 0. The van der Waals surface area contributed by atoms with Gasteiger partial charge in [0, 0.05) is 12.6 Å². The molecule has 2 aromatic carbocycles. The van der Waals surface area contributed by atoms with E-state index in [9.17, 15) is 28.2 Å². The van der Waals surface area contributed by atoms with E-state index in [2.05, 4.69) is 20.5 Å². The number of aliphatic hydroxyl groups is 2. The minimum absolute atomic E-state index is 0.0130. The Morgan fingerprint density at radius 1 is 1.03 bits per heavy atom. The van der Waals surface area contributed by atoms with Gasteiger partial charge in [-0.05, 0) is 60.2 Å². The molecule has 0 radical (unpaired) electrons. The van der Waals surface area contributed by atoms with Crippen LogP contribution in [0.4, 0.5) is 13.2 Å². The van der Waals surface area contributed by atoms with Gasteiger partial charge >= 0.3 is 0 Å². The highest BCUT2D eigenvalue weighted by Gasteiger charge is 2.26. The number of hydrogen-bond acceptors (Lipinski definition) is 5. The Labute approximate surface area is 198 Å². The molecule has 0 aliphatic carbocycles. The van der Waals surface area contributed by atoms with E-state index in [0.29, 0.717) is 11.3 Å². The molecule has 4 rings (SSSR count). The van der Waals surface area contributed by atoms with Gasteiger partial charge in [0.1, 0.15) is 17.5 Å². The lowest BCUT2D eigenvalue weighted by atomic mass is 10.00. The highest BCUT2D eigenvalue weighted by Crippen LogP contribution is 2.29. The maximum atomic E-state index is 14.9. The molecule has 4 N–H and O–H groups in total. The van der Waals surface area contributed by atoms with Crippen LogP contribution in [0.1, 0.15) is 16.1 Å². The fourth-order valence-electron chi connectivity index (χ4n) is 3.63. The molecule has 10 heteroatoms. The number of aromatic nitrogens is 3. The topological polar surface area (TPSA) is 111 Å². The molecule has 0 fully saturated rings. The average Bonchev–Trinajstić information content (AvgIpc) is 3.34. The molecular weight excluding hydrogens is 461 g/mol. The predicted octanol–water partition coefficient (Wildman–Crippen LogP) is 3.25. The summed E-state index contributed by atoms with van der Waals surface area (Å²) in [5.74, 6) is -2.52. The minimum atomic E-state index is -1.42. The normalized spacial score (nSPS) is 12.8. The largest absolute Gasteiger partial charge is 0.394 e. The molecule has 2 aromatic heterocycles. The van der Waals surface area contributed by atoms with Gasteiger partial charge in [0.05, 0.1) is 47.0 Å². The zero-order chi connectivity index (χ0) is 24.9. The lowest BCUT2D eigenvalue weighted by Gasteiger charge is -2.23. The molecule has 0 bridgehead atoms. The molecule has 1 unspecified atom stereocenters. The van der Waals surface area contributed by atoms with Crippen LogP contribution in [0.2, 0.25) is 0 Å². The number of aliphatic hydroxyl groups excluding tert-OH is 2. The summed E-state index contributed by atoms with van der Waals surface area (Å²) in [5.41, 5.74) is 1.02. The number of amides is 1. The van der Waals surface area contributed by atoms with Crippen LogP contribution in [0, 0.1) is 17.5 Å². The van der Waals surface area contributed by atoms with Crippen molar-refractivity contribution in [2.45, 2.75) is 18.6 Å². The monoisotopic (exact) mass is 482 g/mol. The molecule has 7 nitrogen and oxygen atoms in total. The minimum Gasteiger partial charge on any atom is -0.394 e. The van der Waals surface area contributed by atoms with Gasteiger partial charge in [-0.15, -0.1) is 0 Å². The van der Waals surface area contributed by atoms with Crippen LogP contribution < -0.4 is 5.32 Å².